The fourth-order valence-electron chi connectivity index (χ4n) is 0.884. The van der Waals surface area contributed by atoms with Crippen LogP contribution < -0.4 is 0 Å². The fraction of sp³-hybridized carbons (Fsp3) is 0. The maximum atomic E-state index is 10.7. The molecule has 13 heavy (non-hydrogen) atoms. The average molecular weight is 325 g/mol. The summed E-state index contributed by atoms with van der Waals surface area (Å²) in [5, 5.41) is 0. The van der Waals surface area contributed by atoms with E-state index in [2.05, 4.69) is 6.58 Å². The number of hydrogen-bond donors (Lipinski definition) is 1. The van der Waals surface area contributed by atoms with E-state index in [1.54, 1.807) is 12.1 Å². The molecular formula is C8H8O3PrS. The molecule has 0 amide bonds. The van der Waals surface area contributed by atoms with Gasteiger partial charge in [0.15, 0.2) is 0 Å². The molecule has 1 aromatic rings. The second-order valence-electron chi connectivity index (χ2n) is 2.22. The van der Waals surface area contributed by atoms with Crippen LogP contribution in [0.4, 0.5) is 0 Å². The zero-order valence-electron chi connectivity index (χ0n) is 6.84. The van der Waals surface area contributed by atoms with Crippen LogP contribution in [0.25, 0.3) is 6.08 Å². The predicted octanol–water partition coefficient (Wildman–Crippen LogP) is 1.58. The first-order chi connectivity index (χ1) is 5.55. The van der Waals surface area contributed by atoms with Gasteiger partial charge < -0.3 is 0 Å². The molecule has 0 aliphatic heterocycles. The molecule has 0 saturated carbocycles. The van der Waals surface area contributed by atoms with Gasteiger partial charge in [-0.15, -0.1) is 0 Å². The molecular weight excluding hydrogens is 317 g/mol. The minimum atomic E-state index is -4.12. The minimum absolute atomic E-state index is 0. The maximum Gasteiger partial charge on any atom is 0.295 e. The van der Waals surface area contributed by atoms with Crippen molar-refractivity contribution in [3.05, 3.63) is 36.4 Å². The Labute approximate surface area is 111 Å². The molecule has 0 bridgehead atoms. The average Bonchev–Trinajstić information content (AvgIpc) is 2.03. The maximum absolute atomic E-state index is 10.7. The van der Waals surface area contributed by atoms with Gasteiger partial charge in [0.2, 0.25) is 0 Å². The Morgan fingerprint density at radius 3 is 2.23 bits per heavy atom. The Kier molecular flexibility index (Phi) is 5.29. The van der Waals surface area contributed by atoms with E-state index in [4.69, 9.17) is 4.55 Å². The summed E-state index contributed by atoms with van der Waals surface area (Å²) in [6, 6.07) is 6.10. The Morgan fingerprint density at radius 2 is 1.85 bits per heavy atom. The Bertz CT molecular complexity index is 398. The molecule has 67 valence electrons. The Balaban J connectivity index is 0.00000144. The fourth-order valence-corrected chi connectivity index (χ4v) is 1.58. The molecule has 1 radical (unpaired) electrons. The largest absolute Gasteiger partial charge is 0.295 e. The molecule has 0 spiro atoms. The van der Waals surface area contributed by atoms with Crippen molar-refractivity contribution in [1.82, 2.24) is 0 Å². The zero-order valence-corrected chi connectivity index (χ0v) is 11.4. The van der Waals surface area contributed by atoms with Crippen molar-refractivity contribution < 1.29 is 54.3 Å². The molecule has 1 N–H and O–H groups in total. The summed E-state index contributed by atoms with van der Waals surface area (Å²) in [7, 11) is -4.12. The number of hydrogen-bond acceptors (Lipinski definition) is 2. The molecule has 0 aromatic heterocycles. The van der Waals surface area contributed by atoms with E-state index in [0.29, 0.717) is 5.56 Å². The van der Waals surface area contributed by atoms with E-state index in [0.717, 1.165) is 0 Å². The SMILES string of the molecule is C=Cc1ccccc1S(=O)(=O)O.[Pr]. The first-order valence-electron chi connectivity index (χ1n) is 3.24. The van der Waals surface area contributed by atoms with Gasteiger partial charge in [0, 0.05) is 41.3 Å². The molecule has 3 nitrogen and oxygen atoms in total. The van der Waals surface area contributed by atoms with E-state index in [1.807, 2.05) is 0 Å². The molecule has 0 atom stereocenters. The molecule has 0 saturated heterocycles. The molecule has 0 aliphatic rings. The third-order valence-corrected chi connectivity index (χ3v) is 2.34. The van der Waals surface area contributed by atoms with Crippen LogP contribution in [0, 0.1) is 41.3 Å². The molecule has 0 unspecified atom stereocenters. The molecule has 1 rings (SSSR count). The summed E-state index contributed by atoms with van der Waals surface area (Å²) in [6.07, 6.45) is 1.38. The molecule has 0 fully saturated rings. The first-order valence-corrected chi connectivity index (χ1v) is 4.68. The second kappa shape index (κ2) is 5.20. The van der Waals surface area contributed by atoms with Crippen LogP contribution >= 0.6 is 0 Å². The van der Waals surface area contributed by atoms with Crippen molar-refractivity contribution in [2.24, 2.45) is 0 Å². The predicted molar refractivity (Wildman–Crippen MR) is 46.3 cm³/mol. The van der Waals surface area contributed by atoms with E-state index in [9.17, 15) is 8.42 Å². The van der Waals surface area contributed by atoms with Gasteiger partial charge >= 0.3 is 0 Å². The van der Waals surface area contributed by atoms with Crippen molar-refractivity contribution in [3.63, 3.8) is 0 Å². The third-order valence-electron chi connectivity index (χ3n) is 1.42. The molecule has 0 aliphatic carbocycles. The van der Waals surface area contributed by atoms with Gasteiger partial charge in [-0.3, -0.25) is 4.55 Å². The minimum Gasteiger partial charge on any atom is -0.282 e. The van der Waals surface area contributed by atoms with Crippen LogP contribution in [0.5, 0.6) is 0 Å². The van der Waals surface area contributed by atoms with Crippen LogP contribution in [0.1, 0.15) is 5.56 Å². The zero-order chi connectivity index (χ0) is 9.19. The Morgan fingerprint density at radius 1 is 1.31 bits per heavy atom. The van der Waals surface area contributed by atoms with Gasteiger partial charge in [-0.2, -0.15) is 8.42 Å². The molecule has 5 heteroatoms. The van der Waals surface area contributed by atoms with E-state index < -0.39 is 10.1 Å². The van der Waals surface area contributed by atoms with Crippen LogP contribution in [0.2, 0.25) is 0 Å². The van der Waals surface area contributed by atoms with Crippen molar-refractivity contribution >= 4 is 16.2 Å². The molecule has 1 aromatic carbocycles. The van der Waals surface area contributed by atoms with Crippen molar-refractivity contribution in [3.8, 4) is 0 Å². The Hall–Kier alpha value is 0.234. The summed E-state index contributed by atoms with van der Waals surface area (Å²) in [6.45, 7) is 3.43. The van der Waals surface area contributed by atoms with Crippen molar-refractivity contribution in [1.29, 1.82) is 0 Å². The van der Waals surface area contributed by atoms with E-state index in [1.165, 1.54) is 18.2 Å². The van der Waals surface area contributed by atoms with Crippen LogP contribution in [0.3, 0.4) is 0 Å². The summed E-state index contributed by atoms with van der Waals surface area (Å²) in [4.78, 5) is -0.111. The monoisotopic (exact) mass is 325 g/mol. The van der Waals surface area contributed by atoms with Gasteiger partial charge in [0.25, 0.3) is 10.1 Å². The smallest absolute Gasteiger partial charge is 0.282 e. The quantitative estimate of drug-likeness (QED) is 0.840. The van der Waals surface area contributed by atoms with Crippen molar-refractivity contribution in [2.45, 2.75) is 4.90 Å². The normalized spacial score (nSPS) is 10.2. The summed E-state index contributed by atoms with van der Waals surface area (Å²) in [5.41, 5.74) is 0.403. The summed E-state index contributed by atoms with van der Waals surface area (Å²) in [5.74, 6) is 0. The third kappa shape index (κ3) is 3.46. The van der Waals surface area contributed by atoms with Gasteiger partial charge in [-0.1, -0.05) is 30.9 Å². The number of benzene rings is 1. The summed E-state index contributed by atoms with van der Waals surface area (Å²) >= 11 is 0. The first kappa shape index (κ1) is 13.2. The van der Waals surface area contributed by atoms with Gasteiger partial charge in [0.05, 0.1) is 0 Å². The summed E-state index contributed by atoms with van der Waals surface area (Å²) < 4.78 is 30.2. The standard InChI is InChI=1S/C8H8O3S.Pr/c1-2-7-5-3-4-6-8(7)12(9,10)11;/h2-6H,1H2,(H,9,10,11);. The van der Waals surface area contributed by atoms with Crippen LogP contribution in [0.15, 0.2) is 35.7 Å². The van der Waals surface area contributed by atoms with Gasteiger partial charge in [-0.25, -0.2) is 0 Å². The van der Waals surface area contributed by atoms with Gasteiger partial charge in [-0.05, 0) is 11.6 Å². The van der Waals surface area contributed by atoms with Gasteiger partial charge in [0.1, 0.15) is 4.90 Å². The van der Waals surface area contributed by atoms with E-state index in [-0.39, 0.29) is 46.2 Å². The topological polar surface area (TPSA) is 54.4 Å². The van der Waals surface area contributed by atoms with Crippen LogP contribution in [-0.2, 0) is 10.1 Å². The van der Waals surface area contributed by atoms with Crippen molar-refractivity contribution in [2.75, 3.05) is 0 Å². The second-order valence-corrected chi connectivity index (χ2v) is 3.61. The van der Waals surface area contributed by atoms with Crippen LogP contribution in [-0.4, -0.2) is 13.0 Å². The molecule has 0 heterocycles. The number of rotatable bonds is 2. The van der Waals surface area contributed by atoms with E-state index >= 15 is 0 Å².